The van der Waals surface area contributed by atoms with E-state index in [1.807, 2.05) is 12.1 Å². The molecule has 4 rings (SSSR count). The highest BCUT2D eigenvalue weighted by Gasteiger charge is 2.22. The number of nitrogens with zero attached hydrogens (tertiary/aromatic N) is 4. The summed E-state index contributed by atoms with van der Waals surface area (Å²) < 4.78 is 6.98. The zero-order valence-corrected chi connectivity index (χ0v) is 17.5. The number of nitrogens with one attached hydrogen (secondary N) is 1. The van der Waals surface area contributed by atoms with Crippen molar-refractivity contribution < 1.29 is 9.53 Å². The first kappa shape index (κ1) is 21.1. The lowest BCUT2D eigenvalue weighted by Crippen LogP contribution is -2.33. The summed E-state index contributed by atoms with van der Waals surface area (Å²) in [6.45, 7) is 2.64. The predicted molar refractivity (Wildman–Crippen MR) is 118 cm³/mol. The molecule has 2 aromatic heterocycles. The molecule has 1 amide bonds. The number of aromatic nitrogens is 2. The van der Waals surface area contributed by atoms with E-state index in [0.29, 0.717) is 24.6 Å². The van der Waals surface area contributed by atoms with E-state index in [9.17, 15) is 14.9 Å². The molecule has 0 aliphatic carbocycles. The molecule has 2 aromatic rings. The number of rotatable bonds is 5. The Morgan fingerprint density at radius 1 is 1.26 bits per heavy atom. The number of nitriles is 1. The number of fused-ring (bicyclic) bond motifs is 1. The third kappa shape index (κ3) is 4.78. The maximum absolute atomic E-state index is 13.3. The lowest BCUT2D eigenvalue weighted by atomic mass is 10.1. The van der Waals surface area contributed by atoms with E-state index in [1.54, 1.807) is 18.3 Å². The van der Waals surface area contributed by atoms with Crippen LogP contribution in [-0.2, 0) is 9.53 Å². The van der Waals surface area contributed by atoms with Gasteiger partial charge in [0.25, 0.3) is 11.5 Å². The van der Waals surface area contributed by atoms with Crippen LogP contribution in [0.25, 0.3) is 11.7 Å². The molecule has 1 atom stereocenters. The van der Waals surface area contributed by atoms with Crippen LogP contribution >= 0.6 is 0 Å². The van der Waals surface area contributed by atoms with Crippen LogP contribution in [0.4, 0.5) is 5.82 Å². The summed E-state index contributed by atoms with van der Waals surface area (Å²) >= 11 is 0. The summed E-state index contributed by atoms with van der Waals surface area (Å²) in [6.07, 6.45) is 9.20. The van der Waals surface area contributed by atoms with Crippen LogP contribution in [0.15, 0.2) is 34.8 Å². The second-order valence-corrected chi connectivity index (χ2v) is 8.00. The van der Waals surface area contributed by atoms with E-state index >= 15 is 0 Å². The van der Waals surface area contributed by atoms with Crippen molar-refractivity contribution in [3.8, 4) is 6.07 Å². The van der Waals surface area contributed by atoms with Gasteiger partial charge in [-0.15, -0.1) is 0 Å². The van der Waals surface area contributed by atoms with Crippen molar-refractivity contribution in [2.24, 2.45) is 0 Å². The minimum atomic E-state index is -0.502. The third-order valence-corrected chi connectivity index (χ3v) is 5.82. The number of amides is 1. The SMILES string of the molecule is N#C/C(=C\c1c(N2CCCCCC2)nc2ccccn2c1=O)C(=O)NC[C@@H]1CCCO1. The second kappa shape index (κ2) is 9.75. The van der Waals surface area contributed by atoms with E-state index in [1.165, 1.54) is 10.5 Å². The molecule has 2 fully saturated rings. The monoisotopic (exact) mass is 421 g/mol. The summed E-state index contributed by atoms with van der Waals surface area (Å²) in [7, 11) is 0. The number of hydrogen-bond donors (Lipinski definition) is 1. The highest BCUT2D eigenvalue weighted by Crippen LogP contribution is 2.22. The standard InChI is InChI=1S/C23H27N5O3/c24-15-17(22(29)25-16-18-8-7-13-31-18)14-19-21(27-10-4-1-2-5-11-27)26-20-9-3-6-12-28(20)23(19)30/h3,6,9,12,14,18H,1-2,4-5,7-8,10-11,13,16H2,(H,25,29)/b17-14+/t18-/m0/s1. The van der Waals surface area contributed by atoms with Crippen molar-refractivity contribution in [2.75, 3.05) is 31.1 Å². The molecular weight excluding hydrogens is 394 g/mol. The Hall–Kier alpha value is -3.18. The first-order valence-electron chi connectivity index (χ1n) is 11.0. The molecule has 0 bridgehead atoms. The molecule has 0 unspecified atom stereocenters. The Morgan fingerprint density at radius 2 is 2.06 bits per heavy atom. The number of hydrogen-bond acceptors (Lipinski definition) is 6. The topological polar surface area (TPSA) is 99.7 Å². The average Bonchev–Trinajstić information content (AvgIpc) is 3.17. The fraction of sp³-hybridized carbons (Fsp3) is 0.478. The first-order valence-corrected chi connectivity index (χ1v) is 11.0. The van der Waals surface area contributed by atoms with Crippen molar-refractivity contribution in [1.82, 2.24) is 14.7 Å². The number of pyridine rings is 1. The predicted octanol–water partition coefficient (Wildman–Crippen LogP) is 2.28. The van der Waals surface area contributed by atoms with Gasteiger partial charge in [-0.1, -0.05) is 18.9 Å². The van der Waals surface area contributed by atoms with Crippen molar-refractivity contribution in [1.29, 1.82) is 5.26 Å². The van der Waals surface area contributed by atoms with Crippen molar-refractivity contribution in [2.45, 2.75) is 44.6 Å². The first-order chi connectivity index (χ1) is 15.2. The molecule has 0 aromatic carbocycles. The van der Waals surface area contributed by atoms with E-state index in [4.69, 9.17) is 9.72 Å². The van der Waals surface area contributed by atoms with Crippen LogP contribution in [0.3, 0.4) is 0 Å². The number of carbonyl (C=O) groups is 1. The van der Waals surface area contributed by atoms with E-state index in [-0.39, 0.29) is 22.8 Å². The summed E-state index contributed by atoms with van der Waals surface area (Å²) in [5, 5.41) is 12.4. The van der Waals surface area contributed by atoms with Gasteiger partial charge in [0.1, 0.15) is 23.1 Å². The van der Waals surface area contributed by atoms with Crippen LogP contribution in [0.5, 0.6) is 0 Å². The smallest absolute Gasteiger partial charge is 0.267 e. The van der Waals surface area contributed by atoms with E-state index in [0.717, 1.165) is 51.6 Å². The highest BCUT2D eigenvalue weighted by atomic mass is 16.5. The zero-order valence-electron chi connectivity index (χ0n) is 17.5. The van der Waals surface area contributed by atoms with Gasteiger partial charge in [-0.25, -0.2) is 4.98 Å². The van der Waals surface area contributed by atoms with Gasteiger partial charge in [0.15, 0.2) is 0 Å². The zero-order chi connectivity index (χ0) is 21.6. The molecule has 31 heavy (non-hydrogen) atoms. The fourth-order valence-corrected chi connectivity index (χ4v) is 4.14. The number of ether oxygens (including phenoxy) is 1. The molecule has 0 saturated carbocycles. The largest absolute Gasteiger partial charge is 0.376 e. The normalized spacial score (nSPS) is 19.8. The molecule has 8 heteroatoms. The molecule has 2 aliphatic rings. The molecular formula is C23H27N5O3. The molecule has 1 N–H and O–H groups in total. The minimum Gasteiger partial charge on any atom is -0.376 e. The number of carbonyl (C=O) groups excluding carboxylic acids is 1. The highest BCUT2D eigenvalue weighted by molar-refractivity contribution is 6.02. The van der Waals surface area contributed by atoms with E-state index in [2.05, 4.69) is 10.2 Å². The van der Waals surface area contributed by atoms with Gasteiger partial charge in [0.2, 0.25) is 0 Å². The Kier molecular flexibility index (Phi) is 6.63. The van der Waals surface area contributed by atoms with Gasteiger partial charge in [-0.05, 0) is 43.9 Å². The van der Waals surface area contributed by atoms with Crippen LogP contribution < -0.4 is 15.8 Å². The molecule has 162 valence electrons. The van der Waals surface area contributed by atoms with Crippen LogP contribution in [-0.4, -0.2) is 47.6 Å². The molecule has 2 aliphatic heterocycles. The fourth-order valence-electron chi connectivity index (χ4n) is 4.14. The maximum atomic E-state index is 13.3. The Labute approximate surface area is 181 Å². The molecule has 0 radical (unpaired) electrons. The van der Waals surface area contributed by atoms with Crippen molar-refractivity contribution in [3.63, 3.8) is 0 Å². The van der Waals surface area contributed by atoms with Gasteiger partial charge >= 0.3 is 0 Å². The summed E-state index contributed by atoms with van der Waals surface area (Å²) in [4.78, 5) is 32.8. The lowest BCUT2D eigenvalue weighted by molar-refractivity contribution is -0.117. The number of anilines is 1. The summed E-state index contributed by atoms with van der Waals surface area (Å²) in [5.41, 5.74) is 0.424. The Balaban J connectivity index is 1.72. The van der Waals surface area contributed by atoms with Gasteiger partial charge in [0, 0.05) is 32.4 Å². The van der Waals surface area contributed by atoms with Crippen molar-refractivity contribution >= 4 is 23.4 Å². The second-order valence-electron chi connectivity index (χ2n) is 8.00. The van der Waals surface area contributed by atoms with Gasteiger partial charge in [0.05, 0.1) is 11.7 Å². The maximum Gasteiger partial charge on any atom is 0.267 e. The summed E-state index contributed by atoms with van der Waals surface area (Å²) in [6, 6.07) is 7.34. The van der Waals surface area contributed by atoms with Crippen LogP contribution in [0, 0.1) is 11.3 Å². The lowest BCUT2D eigenvalue weighted by Gasteiger charge is -2.23. The molecule has 4 heterocycles. The molecule has 8 nitrogen and oxygen atoms in total. The average molecular weight is 422 g/mol. The van der Waals surface area contributed by atoms with E-state index < -0.39 is 5.91 Å². The van der Waals surface area contributed by atoms with Crippen LogP contribution in [0.1, 0.15) is 44.1 Å². The van der Waals surface area contributed by atoms with Crippen LogP contribution in [0.2, 0.25) is 0 Å². The Morgan fingerprint density at radius 3 is 2.77 bits per heavy atom. The summed E-state index contributed by atoms with van der Waals surface area (Å²) in [5.74, 6) is 0.0372. The third-order valence-electron chi connectivity index (χ3n) is 5.82. The molecule has 0 spiro atoms. The quantitative estimate of drug-likeness (QED) is 0.587. The Bertz CT molecular complexity index is 1070. The van der Waals surface area contributed by atoms with Gasteiger partial charge in [-0.2, -0.15) is 5.26 Å². The van der Waals surface area contributed by atoms with Crippen molar-refractivity contribution in [3.05, 3.63) is 45.9 Å². The molecule has 2 saturated heterocycles. The van der Waals surface area contributed by atoms with Gasteiger partial charge in [-0.3, -0.25) is 14.0 Å². The van der Waals surface area contributed by atoms with Gasteiger partial charge < -0.3 is 15.0 Å². The minimum absolute atomic E-state index is 0.0236.